The molecule has 0 spiro atoms. The van der Waals surface area contributed by atoms with Crippen LogP contribution in [-0.2, 0) is 4.79 Å². The monoisotopic (exact) mass is 644 g/mol. The van der Waals surface area contributed by atoms with Gasteiger partial charge in [0.15, 0.2) is 0 Å². The number of aryl methyl sites for hydroxylation is 1. The van der Waals surface area contributed by atoms with Crippen LogP contribution in [0.3, 0.4) is 0 Å². The Morgan fingerprint density at radius 1 is 0.480 bits per heavy atom. The lowest BCUT2D eigenvalue weighted by atomic mass is 9.83. The molecule has 0 amide bonds. The topological polar surface area (TPSA) is 32.3 Å². The van der Waals surface area contributed by atoms with E-state index in [9.17, 15) is 0 Å². The maximum absolute atomic E-state index is 8.00. The maximum Gasteiger partial charge on any atom is 0.131 e. The van der Waals surface area contributed by atoms with Crippen molar-refractivity contribution in [3.63, 3.8) is 0 Å². The smallest absolute Gasteiger partial charge is 0.131 e. The highest BCUT2D eigenvalue weighted by Crippen LogP contribution is 2.55. The van der Waals surface area contributed by atoms with Gasteiger partial charge in [0, 0.05) is 11.1 Å². The first-order valence-corrected chi connectivity index (χ1v) is 16.9. The van der Waals surface area contributed by atoms with E-state index in [4.69, 9.17) is 4.79 Å². The van der Waals surface area contributed by atoms with E-state index >= 15 is 0 Å². The third-order valence-corrected chi connectivity index (χ3v) is 9.74. The van der Waals surface area contributed by atoms with Crippen molar-refractivity contribution in [2.75, 3.05) is 10.2 Å². The Hall–Kier alpha value is -6.45. The lowest BCUT2D eigenvalue weighted by Crippen LogP contribution is -2.27. The molecule has 0 saturated heterocycles. The quantitative estimate of drug-likeness (QED) is 0.190. The normalized spacial score (nSPS) is 13.4. The summed E-state index contributed by atoms with van der Waals surface area (Å²) >= 11 is 0. The van der Waals surface area contributed by atoms with Crippen LogP contribution in [0.5, 0.6) is 0 Å². The zero-order valence-electron chi connectivity index (χ0n) is 27.9. The Morgan fingerprint density at radius 2 is 1.02 bits per heavy atom. The Bertz CT molecular complexity index is 2470. The van der Waals surface area contributed by atoms with Gasteiger partial charge in [0.1, 0.15) is 13.0 Å². The third-order valence-electron chi connectivity index (χ3n) is 9.74. The predicted octanol–water partition coefficient (Wildman–Crippen LogP) is 12.4. The standard InChI is InChI=1S/C39H26N2.C7H8.CH2O/c1-2-12-25(13-3-1)37-31-17-7-4-14-27(31)28-15-5-8-18-32(28)38(37)26-22-23-30-29-16-6-9-19-33(29)39-40-34-20-10-11-21-35(34)41(39)36(30)24-26;1-7-5-3-2-4-6-7;1-2/h1-24,39-40H;2-6H,1H3;1H2. The molecular weight excluding hydrogens is 609 g/mol. The second-order valence-corrected chi connectivity index (χ2v) is 12.6. The highest BCUT2D eigenvalue weighted by atomic mass is 16.1. The van der Waals surface area contributed by atoms with Gasteiger partial charge in [0.25, 0.3) is 0 Å². The minimum Gasteiger partial charge on any atom is -0.359 e. The highest BCUT2D eigenvalue weighted by Gasteiger charge is 2.37. The summed E-state index contributed by atoms with van der Waals surface area (Å²) in [5.41, 5.74) is 13.9. The first kappa shape index (κ1) is 30.9. The Morgan fingerprint density at radius 3 is 1.68 bits per heavy atom. The second-order valence-electron chi connectivity index (χ2n) is 12.6. The summed E-state index contributed by atoms with van der Waals surface area (Å²) in [6.07, 6.45) is 0.0632. The first-order valence-electron chi connectivity index (χ1n) is 16.9. The minimum absolute atomic E-state index is 0.0632. The summed E-state index contributed by atoms with van der Waals surface area (Å²) in [5, 5.41) is 8.94. The number of nitrogens with one attached hydrogen (secondary N) is 1. The SMILES string of the molecule is C=O.Cc1ccccc1.c1ccc(-c2c(-c3ccc4c(c3)N3c5ccccc5NC3c3ccccc3-4)c3ccccc3c3ccccc23)cc1. The largest absolute Gasteiger partial charge is 0.359 e. The van der Waals surface area contributed by atoms with Gasteiger partial charge in [-0.25, -0.2) is 0 Å². The second kappa shape index (κ2) is 13.2. The molecule has 0 aromatic heterocycles. The Labute approximate surface area is 293 Å². The number of carbonyl (C=O) groups is 1. The van der Waals surface area contributed by atoms with E-state index in [2.05, 4.69) is 175 Å². The van der Waals surface area contributed by atoms with Gasteiger partial charge < -0.3 is 15.0 Å². The van der Waals surface area contributed by atoms with Gasteiger partial charge >= 0.3 is 0 Å². The number of fused-ring (bicyclic) bond motifs is 11. The molecule has 1 N–H and O–H groups in total. The van der Waals surface area contributed by atoms with E-state index in [1.807, 2.05) is 25.0 Å². The highest BCUT2D eigenvalue weighted by molar-refractivity contribution is 6.21. The summed E-state index contributed by atoms with van der Waals surface area (Å²) in [7, 11) is 0. The number of benzene rings is 8. The summed E-state index contributed by atoms with van der Waals surface area (Å²) in [6.45, 7) is 4.08. The summed E-state index contributed by atoms with van der Waals surface area (Å²) in [4.78, 5) is 10.5. The first-order chi connectivity index (χ1) is 24.8. The van der Waals surface area contributed by atoms with Crippen molar-refractivity contribution in [1.29, 1.82) is 0 Å². The molecule has 240 valence electrons. The number of carbonyl (C=O) groups excluding carboxylic acids is 1. The lowest BCUT2D eigenvalue weighted by molar-refractivity contribution is -0.0980. The van der Waals surface area contributed by atoms with Crippen molar-refractivity contribution in [3.05, 3.63) is 187 Å². The number of nitrogens with zero attached hydrogens (tertiary/aromatic N) is 1. The van der Waals surface area contributed by atoms with E-state index in [1.54, 1.807) is 0 Å². The molecule has 50 heavy (non-hydrogen) atoms. The van der Waals surface area contributed by atoms with E-state index in [-0.39, 0.29) is 6.17 Å². The van der Waals surface area contributed by atoms with E-state index < -0.39 is 0 Å². The van der Waals surface area contributed by atoms with Crippen LogP contribution in [0, 0.1) is 6.92 Å². The fourth-order valence-electron chi connectivity index (χ4n) is 7.62. The van der Waals surface area contributed by atoms with Crippen LogP contribution in [-0.4, -0.2) is 6.79 Å². The molecule has 0 fully saturated rings. The van der Waals surface area contributed by atoms with Crippen LogP contribution in [0.2, 0.25) is 0 Å². The van der Waals surface area contributed by atoms with Gasteiger partial charge in [0.2, 0.25) is 0 Å². The molecule has 3 nitrogen and oxygen atoms in total. The number of rotatable bonds is 2. The molecule has 2 aliphatic rings. The summed E-state index contributed by atoms with van der Waals surface area (Å²) in [5.74, 6) is 0. The molecule has 0 aliphatic carbocycles. The Kier molecular flexibility index (Phi) is 8.16. The number of para-hydroxylation sites is 2. The zero-order valence-corrected chi connectivity index (χ0v) is 27.9. The van der Waals surface area contributed by atoms with Crippen molar-refractivity contribution < 1.29 is 4.79 Å². The zero-order chi connectivity index (χ0) is 34.0. The average molecular weight is 645 g/mol. The van der Waals surface area contributed by atoms with Crippen LogP contribution < -0.4 is 10.2 Å². The molecule has 1 unspecified atom stereocenters. The molecule has 0 radical (unpaired) electrons. The van der Waals surface area contributed by atoms with Crippen LogP contribution in [0.15, 0.2) is 176 Å². The molecule has 3 heteroatoms. The fraction of sp³-hybridized carbons (Fsp3) is 0.0426. The molecular formula is C47H36N2O. The van der Waals surface area contributed by atoms with E-state index in [1.165, 1.54) is 83.1 Å². The fourth-order valence-corrected chi connectivity index (χ4v) is 7.62. The van der Waals surface area contributed by atoms with Gasteiger partial charge in [-0.2, -0.15) is 0 Å². The Balaban J connectivity index is 0.000000356. The molecule has 2 aliphatic heterocycles. The molecule has 0 saturated carbocycles. The maximum atomic E-state index is 8.00. The van der Waals surface area contributed by atoms with Crippen LogP contribution in [0.25, 0.3) is 54.9 Å². The molecule has 1 atom stereocenters. The van der Waals surface area contributed by atoms with Crippen molar-refractivity contribution in [2.45, 2.75) is 13.1 Å². The average Bonchev–Trinajstić information content (AvgIpc) is 3.59. The van der Waals surface area contributed by atoms with Gasteiger partial charge in [-0.15, -0.1) is 0 Å². The summed E-state index contributed by atoms with van der Waals surface area (Å²) in [6, 6.07) is 63.4. The van der Waals surface area contributed by atoms with Crippen molar-refractivity contribution in [3.8, 4) is 33.4 Å². The van der Waals surface area contributed by atoms with Crippen LogP contribution in [0.1, 0.15) is 17.3 Å². The molecule has 2 heterocycles. The minimum atomic E-state index is 0.0632. The molecule has 8 aromatic rings. The van der Waals surface area contributed by atoms with Crippen molar-refractivity contribution in [1.82, 2.24) is 0 Å². The molecule has 0 bridgehead atoms. The van der Waals surface area contributed by atoms with Crippen LogP contribution >= 0.6 is 0 Å². The van der Waals surface area contributed by atoms with Gasteiger partial charge in [-0.1, -0.05) is 163 Å². The van der Waals surface area contributed by atoms with Gasteiger partial charge in [-0.3, -0.25) is 0 Å². The number of anilines is 3. The van der Waals surface area contributed by atoms with E-state index in [0.717, 1.165) is 0 Å². The van der Waals surface area contributed by atoms with Gasteiger partial charge in [-0.05, 0) is 74.5 Å². The number of hydrogen-bond donors (Lipinski definition) is 1. The predicted molar refractivity (Wildman–Crippen MR) is 211 cm³/mol. The molecule has 10 rings (SSSR count). The van der Waals surface area contributed by atoms with Gasteiger partial charge in [0.05, 0.1) is 17.1 Å². The lowest BCUT2D eigenvalue weighted by Gasteiger charge is -2.35. The molecule has 8 aromatic carbocycles. The number of hydrogen-bond acceptors (Lipinski definition) is 3. The van der Waals surface area contributed by atoms with E-state index in [0.29, 0.717) is 0 Å². The van der Waals surface area contributed by atoms with Crippen LogP contribution in [0.4, 0.5) is 17.1 Å². The van der Waals surface area contributed by atoms with Crippen molar-refractivity contribution in [2.24, 2.45) is 0 Å². The third kappa shape index (κ3) is 5.21. The summed E-state index contributed by atoms with van der Waals surface area (Å²) < 4.78 is 0. The van der Waals surface area contributed by atoms with Crippen molar-refractivity contribution >= 4 is 45.4 Å².